The molecule has 15 heavy (non-hydrogen) atoms. The number of hydrogen-bond acceptors (Lipinski definition) is 2. The molecule has 0 unspecified atom stereocenters. The van der Waals surface area contributed by atoms with Crippen molar-refractivity contribution in [3.63, 3.8) is 0 Å². The van der Waals surface area contributed by atoms with E-state index < -0.39 is 0 Å². The van der Waals surface area contributed by atoms with E-state index in [2.05, 4.69) is 0 Å². The van der Waals surface area contributed by atoms with Crippen LogP contribution in [-0.4, -0.2) is 9.49 Å². The average molecular weight is 206 g/mol. The van der Waals surface area contributed by atoms with Crippen LogP contribution in [0, 0.1) is 10.1 Å². The fraction of sp³-hybridized carbons (Fsp3) is 0.273. The van der Waals surface area contributed by atoms with E-state index in [1.54, 1.807) is 12.1 Å². The number of fused-ring (bicyclic) bond motifs is 1. The molecular weight excluding hydrogens is 192 g/mol. The predicted molar refractivity (Wildman–Crippen MR) is 60.9 cm³/mol. The number of nitro groups is 1. The third-order valence-corrected chi connectivity index (χ3v) is 2.08. The van der Waals surface area contributed by atoms with Crippen molar-refractivity contribution < 1.29 is 4.92 Å². The van der Waals surface area contributed by atoms with Crippen molar-refractivity contribution in [3.05, 3.63) is 40.6 Å². The summed E-state index contributed by atoms with van der Waals surface area (Å²) in [5.41, 5.74) is 1.14. The van der Waals surface area contributed by atoms with Crippen LogP contribution in [-0.2, 0) is 7.05 Å². The number of benzene rings is 1. The van der Waals surface area contributed by atoms with Crippen molar-refractivity contribution in [2.75, 3.05) is 0 Å². The van der Waals surface area contributed by atoms with Gasteiger partial charge in [-0.3, -0.25) is 10.1 Å². The summed E-state index contributed by atoms with van der Waals surface area (Å²) in [6.45, 7) is 4.00. The molecule has 1 aromatic heterocycles. The zero-order valence-corrected chi connectivity index (χ0v) is 9.10. The lowest BCUT2D eigenvalue weighted by atomic mass is 10.2. The van der Waals surface area contributed by atoms with Gasteiger partial charge in [0.2, 0.25) is 0 Å². The highest BCUT2D eigenvalue weighted by molar-refractivity contribution is 5.82. The van der Waals surface area contributed by atoms with Crippen molar-refractivity contribution in [2.24, 2.45) is 7.05 Å². The summed E-state index contributed by atoms with van der Waals surface area (Å²) in [7, 11) is 1.91. The van der Waals surface area contributed by atoms with Gasteiger partial charge in [-0.1, -0.05) is 13.8 Å². The number of rotatable bonds is 1. The van der Waals surface area contributed by atoms with Gasteiger partial charge in [-0.15, -0.1) is 0 Å². The van der Waals surface area contributed by atoms with E-state index in [0.717, 1.165) is 10.9 Å². The first-order valence-corrected chi connectivity index (χ1v) is 4.88. The molecule has 0 bridgehead atoms. The molecule has 0 aliphatic carbocycles. The van der Waals surface area contributed by atoms with Gasteiger partial charge in [0.25, 0.3) is 5.69 Å². The first kappa shape index (κ1) is 11.2. The molecule has 1 aromatic carbocycles. The van der Waals surface area contributed by atoms with E-state index in [-0.39, 0.29) is 10.6 Å². The lowest BCUT2D eigenvalue weighted by Crippen LogP contribution is -1.88. The Morgan fingerprint density at radius 3 is 2.53 bits per heavy atom. The lowest BCUT2D eigenvalue weighted by Gasteiger charge is -1.95. The van der Waals surface area contributed by atoms with E-state index in [1.165, 1.54) is 6.07 Å². The summed E-state index contributed by atoms with van der Waals surface area (Å²) in [6.07, 6.45) is 1.88. The second-order valence-electron chi connectivity index (χ2n) is 2.93. The zero-order chi connectivity index (χ0) is 11.4. The molecule has 0 aliphatic heterocycles. The number of nitrogens with zero attached hydrogens (tertiary/aromatic N) is 2. The molecule has 0 amide bonds. The third-order valence-electron chi connectivity index (χ3n) is 2.08. The Balaban J connectivity index is 0.000000531. The second kappa shape index (κ2) is 4.59. The standard InChI is InChI=1S/C9H8N2O2.C2H6/c1-10-5-4-7-6-8(11(12)13)2-3-9(7)10;1-2/h2-6H,1H3;1-2H3. The highest BCUT2D eigenvalue weighted by atomic mass is 16.6. The van der Waals surface area contributed by atoms with Crippen LogP contribution < -0.4 is 0 Å². The summed E-state index contributed by atoms with van der Waals surface area (Å²) in [5, 5.41) is 11.3. The molecule has 2 rings (SSSR count). The molecule has 0 saturated carbocycles. The van der Waals surface area contributed by atoms with E-state index in [4.69, 9.17) is 0 Å². The second-order valence-corrected chi connectivity index (χ2v) is 2.93. The summed E-state index contributed by atoms with van der Waals surface area (Å²) < 4.78 is 1.93. The fourth-order valence-electron chi connectivity index (χ4n) is 1.38. The van der Waals surface area contributed by atoms with Crippen LogP contribution in [0.4, 0.5) is 5.69 Å². The highest BCUT2D eigenvalue weighted by Crippen LogP contribution is 2.20. The van der Waals surface area contributed by atoms with Crippen molar-refractivity contribution in [1.82, 2.24) is 4.57 Å². The maximum Gasteiger partial charge on any atom is 0.270 e. The fourth-order valence-corrected chi connectivity index (χ4v) is 1.38. The van der Waals surface area contributed by atoms with Crippen LogP contribution in [0.1, 0.15) is 13.8 Å². The van der Waals surface area contributed by atoms with Gasteiger partial charge in [-0.25, -0.2) is 0 Å². The molecule has 1 heterocycles. The van der Waals surface area contributed by atoms with Crippen LogP contribution >= 0.6 is 0 Å². The summed E-state index contributed by atoms with van der Waals surface area (Å²) >= 11 is 0. The number of non-ortho nitro benzene ring substituents is 1. The SMILES string of the molecule is CC.Cn1ccc2cc([N+](=O)[O-])ccc21. The van der Waals surface area contributed by atoms with Gasteiger partial charge in [-0.2, -0.15) is 0 Å². The Morgan fingerprint density at radius 1 is 1.27 bits per heavy atom. The first-order chi connectivity index (χ1) is 7.18. The Bertz CT molecular complexity index is 474. The summed E-state index contributed by atoms with van der Waals surface area (Å²) in [5.74, 6) is 0. The minimum Gasteiger partial charge on any atom is -0.351 e. The molecule has 80 valence electrons. The Kier molecular flexibility index (Phi) is 3.44. The largest absolute Gasteiger partial charge is 0.351 e. The Morgan fingerprint density at radius 2 is 1.93 bits per heavy atom. The van der Waals surface area contributed by atoms with Gasteiger partial charge < -0.3 is 4.57 Å². The topological polar surface area (TPSA) is 48.1 Å². The molecule has 0 spiro atoms. The smallest absolute Gasteiger partial charge is 0.270 e. The Labute approximate surface area is 88.3 Å². The summed E-state index contributed by atoms with van der Waals surface area (Å²) in [6, 6.07) is 6.72. The van der Waals surface area contributed by atoms with E-state index in [0.29, 0.717) is 0 Å². The quantitative estimate of drug-likeness (QED) is 0.531. The minimum atomic E-state index is -0.382. The monoisotopic (exact) mass is 206 g/mol. The van der Waals surface area contributed by atoms with Crippen LogP contribution in [0.15, 0.2) is 30.5 Å². The van der Waals surface area contributed by atoms with Crippen molar-refractivity contribution in [2.45, 2.75) is 13.8 Å². The van der Waals surface area contributed by atoms with Gasteiger partial charge in [-0.05, 0) is 12.1 Å². The van der Waals surface area contributed by atoms with E-state index in [9.17, 15) is 10.1 Å². The molecular formula is C11H14N2O2. The summed E-state index contributed by atoms with van der Waals surface area (Å²) in [4.78, 5) is 10.1. The normalized spacial score (nSPS) is 9.53. The molecule has 4 heteroatoms. The van der Waals surface area contributed by atoms with Crippen molar-refractivity contribution in [3.8, 4) is 0 Å². The molecule has 4 nitrogen and oxygen atoms in total. The Hall–Kier alpha value is -1.84. The lowest BCUT2D eigenvalue weighted by molar-refractivity contribution is -0.384. The van der Waals surface area contributed by atoms with Crippen LogP contribution in [0.5, 0.6) is 0 Å². The zero-order valence-electron chi connectivity index (χ0n) is 9.10. The maximum atomic E-state index is 10.5. The minimum absolute atomic E-state index is 0.138. The third kappa shape index (κ3) is 2.15. The van der Waals surface area contributed by atoms with Crippen molar-refractivity contribution >= 4 is 16.6 Å². The first-order valence-electron chi connectivity index (χ1n) is 4.88. The maximum absolute atomic E-state index is 10.5. The van der Waals surface area contributed by atoms with Gasteiger partial charge in [0, 0.05) is 36.3 Å². The molecule has 0 aliphatic rings. The van der Waals surface area contributed by atoms with Crippen LogP contribution in [0.25, 0.3) is 10.9 Å². The molecule has 0 N–H and O–H groups in total. The predicted octanol–water partition coefficient (Wildman–Crippen LogP) is 3.11. The average Bonchev–Trinajstić information content (AvgIpc) is 2.63. The number of aryl methyl sites for hydroxylation is 1. The van der Waals surface area contributed by atoms with E-state index >= 15 is 0 Å². The highest BCUT2D eigenvalue weighted by Gasteiger charge is 2.06. The number of aromatic nitrogens is 1. The van der Waals surface area contributed by atoms with Crippen LogP contribution in [0.2, 0.25) is 0 Å². The van der Waals surface area contributed by atoms with Crippen LogP contribution in [0.3, 0.4) is 0 Å². The van der Waals surface area contributed by atoms with Crippen molar-refractivity contribution in [1.29, 1.82) is 0 Å². The van der Waals surface area contributed by atoms with Gasteiger partial charge >= 0.3 is 0 Å². The van der Waals surface area contributed by atoms with Gasteiger partial charge in [0.1, 0.15) is 0 Å². The number of hydrogen-bond donors (Lipinski definition) is 0. The van der Waals surface area contributed by atoms with Gasteiger partial charge in [0.05, 0.1) is 4.92 Å². The molecule has 0 fully saturated rings. The molecule has 0 atom stereocenters. The van der Waals surface area contributed by atoms with Gasteiger partial charge in [0.15, 0.2) is 0 Å². The van der Waals surface area contributed by atoms with E-state index in [1.807, 2.05) is 37.7 Å². The molecule has 2 aromatic rings. The number of nitro benzene ring substituents is 1. The molecule has 0 radical (unpaired) electrons. The molecule has 0 saturated heterocycles.